The van der Waals surface area contributed by atoms with E-state index in [-0.39, 0.29) is 11.9 Å². The van der Waals surface area contributed by atoms with Crippen LogP contribution in [0.5, 0.6) is 0 Å². The van der Waals surface area contributed by atoms with Crippen LogP contribution in [0.4, 0.5) is 0 Å². The summed E-state index contributed by atoms with van der Waals surface area (Å²) >= 11 is 6.17. The van der Waals surface area contributed by atoms with Crippen molar-refractivity contribution in [1.29, 1.82) is 0 Å². The van der Waals surface area contributed by atoms with Crippen molar-refractivity contribution in [3.63, 3.8) is 0 Å². The second-order valence-corrected chi connectivity index (χ2v) is 6.94. The van der Waals surface area contributed by atoms with E-state index in [9.17, 15) is 9.90 Å². The van der Waals surface area contributed by atoms with E-state index in [2.05, 4.69) is 15.5 Å². The average molecular weight is 320 g/mol. The maximum Gasteiger partial charge on any atom is 0.219 e. The first-order valence-electron chi connectivity index (χ1n) is 7.66. The normalized spacial score (nSPS) is 33.0. The van der Waals surface area contributed by atoms with E-state index in [4.69, 9.17) is 11.6 Å². The maximum absolute atomic E-state index is 11.5. The van der Waals surface area contributed by atoms with Crippen LogP contribution in [-0.4, -0.2) is 27.3 Å². The van der Waals surface area contributed by atoms with Crippen LogP contribution < -0.4 is 5.32 Å². The Kier molecular flexibility index (Phi) is 3.00. The van der Waals surface area contributed by atoms with Crippen molar-refractivity contribution in [2.75, 3.05) is 0 Å². The predicted molar refractivity (Wildman–Crippen MR) is 83.4 cm³/mol. The number of H-pyrrole nitrogens is 1. The number of hydrogen-bond acceptors (Lipinski definition) is 3. The maximum atomic E-state index is 11.5. The third-order valence-corrected chi connectivity index (χ3v) is 5.37. The van der Waals surface area contributed by atoms with Gasteiger partial charge in [-0.15, -0.1) is 0 Å². The van der Waals surface area contributed by atoms with Gasteiger partial charge >= 0.3 is 0 Å². The third-order valence-electron chi connectivity index (χ3n) is 5.15. The molecule has 22 heavy (non-hydrogen) atoms. The van der Waals surface area contributed by atoms with Gasteiger partial charge in [-0.25, -0.2) is 0 Å². The molecular weight excluding hydrogens is 302 g/mol. The van der Waals surface area contributed by atoms with Gasteiger partial charge in [0.1, 0.15) is 0 Å². The molecule has 0 radical (unpaired) electrons. The first-order valence-corrected chi connectivity index (χ1v) is 8.04. The lowest BCUT2D eigenvalue weighted by atomic mass is 9.86. The van der Waals surface area contributed by atoms with E-state index in [0.29, 0.717) is 36.1 Å². The van der Waals surface area contributed by atoms with Gasteiger partial charge in [0.05, 0.1) is 17.3 Å². The van der Waals surface area contributed by atoms with Crippen LogP contribution in [0.3, 0.4) is 0 Å². The molecule has 2 aliphatic rings. The number of fused-ring (bicyclic) bond motifs is 2. The molecule has 2 fully saturated rings. The Bertz CT molecular complexity index is 745. The number of carbonyl (C=O) groups excluding carboxylic acids is 1. The molecule has 0 saturated heterocycles. The number of carbonyl (C=O) groups is 1. The molecule has 1 heterocycles. The molecule has 0 aliphatic heterocycles. The zero-order valence-corrected chi connectivity index (χ0v) is 13.0. The molecule has 4 atom stereocenters. The summed E-state index contributed by atoms with van der Waals surface area (Å²) in [6.45, 7) is 1.85. The fourth-order valence-corrected chi connectivity index (χ4v) is 4.21. The van der Waals surface area contributed by atoms with Gasteiger partial charge in [0, 0.05) is 22.9 Å². The number of amides is 1. The molecule has 0 spiro atoms. The fraction of sp³-hybridized carbons (Fsp3) is 0.500. The van der Waals surface area contributed by atoms with Gasteiger partial charge in [-0.2, -0.15) is 5.10 Å². The first kappa shape index (κ1) is 14.0. The molecular formula is C16H18ClN3O2. The molecule has 5 nitrogen and oxygen atoms in total. The van der Waals surface area contributed by atoms with Gasteiger partial charge in [0.2, 0.25) is 5.91 Å². The van der Waals surface area contributed by atoms with E-state index in [1.165, 1.54) is 0 Å². The summed E-state index contributed by atoms with van der Waals surface area (Å²) in [5.74, 6) is 0.811. The molecule has 4 rings (SSSR count). The monoisotopic (exact) mass is 319 g/mol. The van der Waals surface area contributed by atoms with Crippen LogP contribution in [0.15, 0.2) is 18.3 Å². The Morgan fingerprint density at radius 1 is 1.50 bits per heavy atom. The van der Waals surface area contributed by atoms with E-state index >= 15 is 0 Å². The zero-order valence-electron chi connectivity index (χ0n) is 12.3. The highest BCUT2D eigenvalue weighted by atomic mass is 35.5. The molecule has 1 aromatic carbocycles. The van der Waals surface area contributed by atoms with Crippen molar-refractivity contribution in [1.82, 2.24) is 15.5 Å². The summed E-state index contributed by atoms with van der Waals surface area (Å²) in [5.41, 5.74) is 0.805. The van der Waals surface area contributed by atoms with Crippen LogP contribution in [0.25, 0.3) is 10.9 Å². The number of aromatic amines is 1. The van der Waals surface area contributed by atoms with Crippen molar-refractivity contribution >= 4 is 28.4 Å². The highest BCUT2D eigenvalue weighted by Gasteiger charge is 2.62. The highest BCUT2D eigenvalue weighted by Crippen LogP contribution is 2.60. The minimum Gasteiger partial charge on any atom is -0.385 e. The van der Waals surface area contributed by atoms with Gasteiger partial charge in [-0.1, -0.05) is 18.5 Å². The van der Waals surface area contributed by atoms with Crippen molar-refractivity contribution in [3.05, 3.63) is 28.9 Å². The largest absolute Gasteiger partial charge is 0.385 e. The standard InChI is InChI=1S/C16H18ClN3O2/c1-2-14(21)19-15-9-5-16(22,6-10(9)15)12-3-8(17)4-13-11(12)7-18-20-13/h3-4,7,9-10,15,22H,2,5-6H2,1H3,(H,18,20)(H,19,21)/t9-,10+,15?,16?. The Balaban J connectivity index is 1.60. The van der Waals surface area contributed by atoms with E-state index in [1.807, 2.05) is 19.1 Å². The number of aliphatic hydroxyl groups is 1. The summed E-state index contributed by atoms with van der Waals surface area (Å²) in [6, 6.07) is 3.88. The molecule has 0 bridgehead atoms. The quantitative estimate of drug-likeness (QED) is 0.812. The zero-order chi connectivity index (χ0) is 15.5. The van der Waals surface area contributed by atoms with Gasteiger partial charge in [-0.05, 0) is 42.4 Å². The Labute approximate surface area is 133 Å². The summed E-state index contributed by atoms with van der Waals surface area (Å²) in [4.78, 5) is 11.5. The number of benzene rings is 1. The first-order chi connectivity index (χ1) is 10.5. The summed E-state index contributed by atoms with van der Waals surface area (Å²) < 4.78 is 0. The van der Waals surface area contributed by atoms with Gasteiger partial charge < -0.3 is 10.4 Å². The average Bonchev–Trinajstić information content (AvgIpc) is 2.86. The lowest BCUT2D eigenvalue weighted by Gasteiger charge is -2.27. The number of halogens is 1. The molecule has 1 aromatic heterocycles. The van der Waals surface area contributed by atoms with Crippen LogP contribution >= 0.6 is 11.6 Å². The number of rotatable bonds is 3. The van der Waals surface area contributed by atoms with E-state index in [0.717, 1.165) is 16.5 Å². The molecule has 6 heteroatoms. The lowest BCUT2D eigenvalue weighted by molar-refractivity contribution is -0.121. The number of nitrogens with one attached hydrogen (secondary N) is 2. The second-order valence-electron chi connectivity index (χ2n) is 6.50. The summed E-state index contributed by atoms with van der Waals surface area (Å²) in [7, 11) is 0. The van der Waals surface area contributed by atoms with E-state index in [1.54, 1.807) is 6.20 Å². The third kappa shape index (κ3) is 2.03. The fourth-order valence-electron chi connectivity index (χ4n) is 3.99. The number of hydrogen-bond donors (Lipinski definition) is 3. The van der Waals surface area contributed by atoms with Gasteiger partial charge in [-0.3, -0.25) is 9.89 Å². The van der Waals surface area contributed by atoms with Gasteiger partial charge in [0.25, 0.3) is 0 Å². The molecule has 1 amide bonds. The Morgan fingerprint density at radius 2 is 2.23 bits per heavy atom. The molecule has 2 unspecified atom stereocenters. The molecule has 2 aromatic rings. The van der Waals surface area contributed by atoms with Crippen molar-refractivity contribution in [2.24, 2.45) is 11.8 Å². The van der Waals surface area contributed by atoms with Crippen molar-refractivity contribution in [3.8, 4) is 0 Å². The number of nitrogens with zero attached hydrogens (tertiary/aromatic N) is 1. The Morgan fingerprint density at radius 3 is 2.91 bits per heavy atom. The van der Waals surface area contributed by atoms with Crippen molar-refractivity contribution in [2.45, 2.75) is 37.8 Å². The molecule has 3 N–H and O–H groups in total. The second kappa shape index (κ2) is 4.70. The minimum absolute atomic E-state index is 0.0860. The van der Waals surface area contributed by atoms with Gasteiger partial charge in [0.15, 0.2) is 0 Å². The Hall–Kier alpha value is -1.59. The van der Waals surface area contributed by atoms with E-state index < -0.39 is 5.60 Å². The highest BCUT2D eigenvalue weighted by molar-refractivity contribution is 6.31. The summed E-state index contributed by atoms with van der Waals surface area (Å²) in [5, 5.41) is 22.6. The van der Waals surface area contributed by atoms with Crippen LogP contribution in [0.1, 0.15) is 31.7 Å². The number of aromatic nitrogens is 2. The van der Waals surface area contributed by atoms with Crippen LogP contribution in [-0.2, 0) is 10.4 Å². The van der Waals surface area contributed by atoms with Crippen LogP contribution in [0, 0.1) is 11.8 Å². The van der Waals surface area contributed by atoms with Crippen molar-refractivity contribution < 1.29 is 9.90 Å². The smallest absolute Gasteiger partial charge is 0.219 e. The molecule has 2 aliphatic carbocycles. The SMILES string of the molecule is CCC(=O)NC1[C@H]2CC(O)(c3cc(Cl)cc4[nH]ncc34)C[C@@H]12. The minimum atomic E-state index is -0.879. The topological polar surface area (TPSA) is 78.0 Å². The molecule has 116 valence electrons. The summed E-state index contributed by atoms with van der Waals surface area (Å²) in [6.07, 6.45) is 3.56. The molecule has 2 saturated carbocycles. The van der Waals surface area contributed by atoms with Crippen LogP contribution in [0.2, 0.25) is 5.02 Å². The predicted octanol–water partition coefficient (Wildman–Crippen LogP) is 2.34. The lowest BCUT2D eigenvalue weighted by Crippen LogP contribution is -2.33.